The van der Waals surface area contributed by atoms with E-state index in [0.717, 1.165) is 20.9 Å². The number of anilines is 1. The SMILES string of the molecule is O=S(=O)(c1ccc(CNc2ncnc3sccc23)s1)N1CCOCC1. The molecule has 0 unspecified atom stereocenters. The lowest BCUT2D eigenvalue weighted by atomic mass is 10.3. The molecule has 1 fully saturated rings. The van der Waals surface area contributed by atoms with E-state index in [-0.39, 0.29) is 0 Å². The number of ether oxygens (including phenoxy) is 1. The molecule has 4 rings (SSSR count). The number of nitrogens with one attached hydrogen (secondary N) is 1. The van der Waals surface area contributed by atoms with Crippen LogP contribution in [0.2, 0.25) is 0 Å². The number of thiophene rings is 2. The summed E-state index contributed by atoms with van der Waals surface area (Å²) in [4.78, 5) is 10.4. The highest BCUT2D eigenvalue weighted by atomic mass is 32.2. The second-order valence-corrected chi connectivity index (χ2v) is 9.68. The number of nitrogens with zero attached hydrogens (tertiary/aromatic N) is 3. The first-order chi connectivity index (χ1) is 12.1. The first-order valence-corrected chi connectivity index (χ1v) is 10.9. The highest BCUT2D eigenvalue weighted by Crippen LogP contribution is 2.28. The molecule has 132 valence electrons. The molecule has 0 spiro atoms. The Morgan fingerprint density at radius 3 is 2.88 bits per heavy atom. The maximum Gasteiger partial charge on any atom is 0.252 e. The van der Waals surface area contributed by atoms with E-state index in [1.54, 1.807) is 17.4 Å². The van der Waals surface area contributed by atoms with Crippen molar-refractivity contribution in [1.82, 2.24) is 14.3 Å². The third-order valence-electron chi connectivity index (χ3n) is 3.89. The first kappa shape index (κ1) is 16.9. The molecular formula is C15H16N4O3S3. The van der Waals surface area contributed by atoms with Gasteiger partial charge in [-0.25, -0.2) is 18.4 Å². The van der Waals surface area contributed by atoms with Gasteiger partial charge in [-0.3, -0.25) is 0 Å². The Hall–Kier alpha value is -1.59. The number of morpholine rings is 1. The van der Waals surface area contributed by atoms with Gasteiger partial charge in [-0.05, 0) is 23.6 Å². The van der Waals surface area contributed by atoms with Gasteiger partial charge in [0.1, 0.15) is 21.2 Å². The highest BCUT2D eigenvalue weighted by Gasteiger charge is 2.27. The maximum atomic E-state index is 12.7. The highest BCUT2D eigenvalue weighted by molar-refractivity contribution is 7.91. The van der Waals surface area contributed by atoms with Gasteiger partial charge in [-0.15, -0.1) is 22.7 Å². The van der Waals surface area contributed by atoms with Crippen LogP contribution in [0.15, 0.2) is 34.1 Å². The molecule has 0 aliphatic carbocycles. The minimum atomic E-state index is -3.43. The van der Waals surface area contributed by atoms with Gasteiger partial charge in [0.05, 0.1) is 25.1 Å². The van der Waals surface area contributed by atoms with Crippen LogP contribution in [0.5, 0.6) is 0 Å². The van der Waals surface area contributed by atoms with Gasteiger partial charge in [0, 0.05) is 18.0 Å². The molecule has 0 atom stereocenters. The zero-order valence-electron chi connectivity index (χ0n) is 13.2. The molecule has 0 amide bonds. The zero-order chi connectivity index (χ0) is 17.3. The third-order valence-corrected chi connectivity index (χ3v) is 8.17. The molecule has 0 saturated carbocycles. The lowest BCUT2D eigenvalue weighted by molar-refractivity contribution is 0.0731. The van der Waals surface area contributed by atoms with Crippen molar-refractivity contribution in [2.24, 2.45) is 0 Å². The monoisotopic (exact) mass is 396 g/mol. The summed E-state index contributed by atoms with van der Waals surface area (Å²) in [7, 11) is -3.43. The molecule has 4 heterocycles. The maximum absolute atomic E-state index is 12.7. The fourth-order valence-corrected chi connectivity index (χ4v) is 6.20. The Kier molecular flexibility index (Phi) is 4.69. The van der Waals surface area contributed by atoms with Crippen LogP contribution < -0.4 is 5.32 Å². The standard InChI is InChI=1S/C15H16N4O3S3/c20-25(21,19-4-6-22-7-5-19)13-2-1-11(24-13)9-16-14-12-3-8-23-15(12)18-10-17-14/h1-3,8,10H,4-7,9H2,(H,16,17,18). The van der Waals surface area contributed by atoms with Gasteiger partial charge < -0.3 is 10.1 Å². The number of sulfonamides is 1. The molecule has 7 nitrogen and oxygen atoms in total. The summed E-state index contributed by atoms with van der Waals surface area (Å²) in [5.41, 5.74) is 0. The van der Waals surface area contributed by atoms with Crippen LogP contribution in [0.3, 0.4) is 0 Å². The van der Waals surface area contributed by atoms with Crippen molar-refractivity contribution in [2.75, 3.05) is 31.6 Å². The van der Waals surface area contributed by atoms with Crippen molar-refractivity contribution >= 4 is 48.7 Å². The predicted octanol–water partition coefficient (Wildman–Crippen LogP) is 2.39. The van der Waals surface area contributed by atoms with Gasteiger partial charge in [0.2, 0.25) is 0 Å². The number of fused-ring (bicyclic) bond motifs is 1. The van der Waals surface area contributed by atoms with Gasteiger partial charge in [-0.1, -0.05) is 0 Å². The Balaban J connectivity index is 1.49. The number of aromatic nitrogens is 2. The molecule has 3 aromatic heterocycles. The molecule has 1 aliphatic heterocycles. The van der Waals surface area contributed by atoms with Crippen molar-refractivity contribution in [1.29, 1.82) is 0 Å². The van der Waals surface area contributed by atoms with E-state index in [4.69, 9.17) is 4.74 Å². The van der Waals surface area contributed by atoms with Crippen LogP contribution in [-0.4, -0.2) is 49.0 Å². The van der Waals surface area contributed by atoms with E-state index >= 15 is 0 Å². The zero-order valence-corrected chi connectivity index (χ0v) is 15.7. The van der Waals surface area contributed by atoms with Crippen LogP contribution in [0.4, 0.5) is 5.82 Å². The Labute approximate surface area is 153 Å². The minimum absolute atomic E-state index is 0.370. The van der Waals surface area contributed by atoms with Gasteiger partial charge in [0.25, 0.3) is 10.0 Å². The normalized spacial score (nSPS) is 16.3. The second kappa shape index (κ2) is 6.96. The van der Waals surface area contributed by atoms with E-state index in [9.17, 15) is 8.42 Å². The summed E-state index contributed by atoms with van der Waals surface area (Å²) >= 11 is 2.85. The topological polar surface area (TPSA) is 84.4 Å². The third kappa shape index (κ3) is 3.40. The van der Waals surface area contributed by atoms with Gasteiger partial charge in [0.15, 0.2) is 0 Å². The van der Waals surface area contributed by atoms with E-state index in [0.29, 0.717) is 37.1 Å². The lowest BCUT2D eigenvalue weighted by Gasteiger charge is -2.25. The predicted molar refractivity (Wildman–Crippen MR) is 98.6 cm³/mol. The first-order valence-electron chi connectivity index (χ1n) is 7.73. The fraction of sp³-hybridized carbons (Fsp3) is 0.333. The van der Waals surface area contributed by atoms with Crippen molar-refractivity contribution in [2.45, 2.75) is 10.8 Å². The molecular weight excluding hydrogens is 380 g/mol. The average molecular weight is 397 g/mol. The molecule has 1 saturated heterocycles. The summed E-state index contributed by atoms with van der Waals surface area (Å²) in [6.07, 6.45) is 1.53. The number of rotatable bonds is 5. The van der Waals surface area contributed by atoms with E-state index in [2.05, 4.69) is 15.3 Å². The van der Waals surface area contributed by atoms with Crippen LogP contribution in [0.1, 0.15) is 4.88 Å². The Bertz CT molecular complexity index is 977. The Morgan fingerprint density at radius 1 is 1.20 bits per heavy atom. The molecule has 1 N–H and O–H groups in total. The van der Waals surface area contributed by atoms with Crippen LogP contribution in [-0.2, 0) is 21.3 Å². The summed E-state index contributed by atoms with van der Waals surface area (Å²) in [5, 5.41) is 6.22. The minimum Gasteiger partial charge on any atom is -0.379 e. The fourth-order valence-electron chi connectivity index (χ4n) is 2.61. The van der Waals surface area contributed by atoms with Crippen LogP contribution >= 0.6 is 22.7 Å². The Morgan fingerprint density at radius 2 is 2.04 bits per heavy atom. The molecule has 0 radical (unpaired) electrons. The molecule has 10 heteroatoms. The largest absolute Gasteiger partial charge is 0.379 e. The van der Waals surface area contributed by atoms with Crippen molar-refractivity contribution in [3.8, 4) is 0 Å². The number of hydrogen-bond acceptors (Lipinski definition) is 8. The van der Waals surface area contributed by atoms with Gasteiger partial charge in [-0.2, -0.15) is 4.31 Å². The molecule has 1 aliphatic rings. The van der Waals surface area contributed by atoms with E-state index in [1.807, 2.05) is 17.5 Å². The number of hydrogen-bond donors (Lipinski definition) is 1. The quantitative estimate of drug-likeness (QED) is 0.713. The average Bonchev–Trinajstić information content (AvgIpc) is 3.30. The van der Waals surface area contributed by atoms with E-state index in [1.165, 1.54) is 22.0 Å². The summed E-state index contributed by atoms with van der Waals surface area (Å²) in [6.45, 7) is 2.23. The van der Waals surface area contributed by atoms with Crippen molar-refractivity contribution in [3.63, 3.8) is 0 Å². The van der Waals surface area contributed by atoms with E-state index < -0.39 is 10.0 Å². The molecule has 25 heavy (non-hydrogen) atoms. The van der Waals surface area contributed by atoms with Crippen LogP contribution in [0, 0.1) is 0 Å². The molecule has 0 aromatic carbocycles. The molecule has 3 aromatic rings. The van der Waals surface area contributed by atoms with Gasteiger partial charge >= 0.3 is 0 Å². The summed E-state index contributed by atoms with van der Waals surface area (Å²) < 4.78 is 32.4. The molecule has 0 bridgehead atoms. The summed E-state index contributed by atoms with van der Waals surface area (Å²) in [5.74, 6) is 0.761. The second-order valence-electron chi connectivity index (χ2n) is 5.45. The smallest absolute Gasteiger partial charge is 0.252 e. The summed E-state index contributed by atoms with van der Waals surface area (Å²) in [6, 6.07) is 5.49. The van der Waals surface area contributed by atoms with Crippen LogP contribution in [0.25, 0.3) is 10.2 Å². The lowest BCUT2D eigenvalue weighted by Crippen LogP contribution is -2.40. The van der Waals surface area contributed by atoms with Crippen molar-refractivity contribution < 1.29 is 13.2 Å². The van der Waals surface area contributed by atoms with Crippen molar-refractivity contribution in [3.05, 3.63) is 34.8 Å².